The molecule has 0 aromatic heterocycles. The lowest BCUT2D eigenvalue weighted by Gasteiger charge is -2.19. The van der Waals surface area contributed by atoms with Gasteiger partial charge in [-0.1, -0.05) is 6.42 Å². The highest BCUT2D eigenvalue weighted by Crippen LogP contribution is 2.24. The first kappa shape index (κ1) is 12.8. The van der Waals surface area contributed by atoms with Crippen molar-refractivity contribution >= 4 is 5.91 Å². The van der Waals surface area contributed by atoms with Gasteiger partial charge in [-0.15, -0.1) is 0 Å². The van der Waals surface area contributed by atoms with Crippen molar-refractivity contribution in [2.24, 2.45) is 11.8 Å². The first-order valence-corrected chi connectivity index (χ1v) is 6.43. The predicted octanol–water partition coefficient (Wildman–Crippen LogP) is -0.502. The van der Waals surface area contributed by atoms with E-state index in [0.717, 1.165) is 19.3 Å². The summed E-state index contributed by atoms with van der Waals surface area (Å²) in [6.07, 6.45) is 2.70. The van der Waals surface area contributed by atoms with Crippen molar-refractivity contribution in [1.29, 1.82) is 0 Å². The maximum atomic E-state index is 12.0. The Balaban J connectivity index is 1.77. The minimum atomic E-state index is -0.241. The number of ether oxygens (including phenoxy) is 1. The zero-order valence-electron chi connectivity index (χ0n) is 10.3. The monoisotopic (exact) mass is 242 g/mol. The molecule has 1 aliphatic heterocycles. The van der Waals surface area contributed by atoms with Gasteiger partial charge in [0.25, 0.3) is 0 Å². The molecule has 1 heterocycles. The smallest absolute Gasteiger partial charge is 0.227 e. The van der Waals surface area contributed by atoms with Crippen molar-refractivity contribution < 1.29 is 14.6 Å². The van der Waals surface area contributed by atoms with E-state index in [1.165, 1.54) is 0 Å². The molecule has 3 N–H and O–H groups in total. The standard InChI is InChI=1S/C12H22N2O3/c1-13-10-7-17-6-9(10)12(16)14-5-8-3-2-4-11(8)15/h8-11,13,15H,2-7H2,1H3,(H,14,16). The fourth-order valence-corrected chi connectivity index (χ4v) is 2.72. The second-order valence-electron chi connectivity index (χ2n) is 5.04. The molecular weight excluding hydrogens is 220 g/mol. The Labute approximate surface area is 102 Å². The molecule has 0 radical (unpaired) electrons. The number of carbonyl (C=O) groups is 1. The number of aliphatic hydroxyl groups excluding tert-OH is 1. The summed E-state index contributed by atoms with van der Waals surface area (Å²) in [7, 11) is 1.85. The number of amides is 1. The number of hydrogen-bond acceptors (Lipinski definition) is 4. The van der Waals surface area contributed by atoms with Crippen molar-refractivity contribution in [3.63, 3.8) is 0 Å². The van der Waals surface area contributed by atoms with Crippen LogP contribution >= 0.6 is 0 Å². The van der Waals surface area contributed by atoms with Gasteiger partial charge < -0.3 is 20.5 Å². The highest BCUT2D eigenvalue weighted by atomic mass is 16.5. The molecule has 5 nitrogen and oxygen atoms in total. The Hall–Kier alpha value is -0.650. The average molecular weight is 242 g/mol. The molecule has 17 heavy (non-hydrogen) atoms. The van der Waals surface area contributed by atoms with Crippen molar-refractivity contribution in [1.82, 2.24) is 10.6 Å². The van der Waals surface area contributed by atoms with Crippen LogP contribution in [0.5, 0.6) is 0 Å². The third kappa shape index (κ3) is 2.97. The van der Waals surface area contributed by atoms with Crippen LogP contribution in [0.4, 0.5) is 0 Å². The van der Waals surface area contributed by atoms with E-state index < -0.39 is 0 Å². The van der Waals surface area contributed by atoms with E-state index in [2.05, 4.69) is 10.6 Å². The highest BCUT2D eigenvalue weighted by Gasteiger charge is 2.33. The summed E-state index contributed by atoms with van der Waals surface area (Å²) in [5.41, 5.74) is 0. The Kier molecular flexibility index (Phi) is 4.36. The molecule has 0 aromatic carbocycles. The van der Waals surface area contributed by atoms with Crippen LogP contribution in [-0.4, -0.2) is 50.0 Å². The summed E-state index contributed by atoms with van der Waals surface area (Å²) in [5.74, 6) is 0.175. The van der Waals surface area contributed by atoms with Gasteiger partial charge in [-0.3, -0.25) is 4.79 Å². The third-order valence-electron chi connectivity index (χ3n) is 3.95. The van der Waals surface area contributed by atoms with E-state index >= 15 is 0 Å². The summed E-state index contributed by atoms with van der Waals surface area (Å²) < 4.78 is 5.30. The molecule has 2 fully saturated rings. The number of carbonyl (C=O) groups excluding carboxylic acids is 1. The van der Waals surface area contributed by atoms with Crippen LogP contribution in [0.3, 0.4) is 0 Å². The van der Waals surface area contributed by atoms with Gasteiger partial charge in [-0.25, -0.2) is 0 Å². The summed E-state index contributed by atoms with van der Waals surface area (Å²) in [6, 6.07) is 0.114. The quantitative estimate of drug-likeness (QED) is 0.621. The number of likely N-dealkylation sites (N-methyl/N-ethyl adjacent to an activating group) is 1. The van der Waals surface area contributed by atoms with Crippen molar-refractivity contribution in [2.45, 2.75) is 31.4 Å². The van der Waals surface area contributed by atoms with Crippen LogP contribution in [0, 0.1) is 11.8 Å². The number of nitrogens with one attached hydrogen (secondary N) is 2. The normalized spacial score (nSPS) is 37.3. The summed E-state index contributed by atoms with van der Waals surface area (Å²) in [4.78, 5) is 12.0. The minimum absolute atomic E-state index is 0.0425. The van der Waals surface area contributed by atoms with Gasteiger partial charge in [0.15, 0.2) is 0 Å². The Morgan fingerprint density at radius 1 is 1.41 bits per heavy atom. The zero-order chi connectivity index (χ0) is 12.3. The van der Waals surface area contributed by atoms with E-state index in [0.29, 0.717) is 19.8 Å². The van der Waals surface area contributed by atoms with Crippen molar-refractivity contribution in [3.8, 4) is 0 Å². The van der Waals surface area contributed by atoms with Crippen LogP contribution in [0.25, 0.3) is 0 Å². The van der Waals surface area contributed by atoms with Gasteiger partial charge in [-0.2, -0.15) is 0 Å². The first-order chi connectivity index (χ1) is 8.22. The first-order valence-electron chi connectivity index (χ1n) is 6.43. The molecule has 4 unspecified atom stereocenters. The summed E-state index contributed by atoms with van der Waals surface area (Å²) >= 11 is 0. The fraction of sp³-hybridized carbons (Fsp3) is 0.917. The van der Waals surface area contributed by atoms with E-state index in [9.17, 15) is 9.90 Å². The molecule has 1 amide bonds. The second-order valence-corrected chi connectivity index (χ2v) is 5.04. The van der Waals surface area contributed by atoms with Gasteiger partial charge in [0.1, 0.15) is 0 Å². The molecule has 1 saturated heterocycles. The molecule has 2 rings (SSSR count). The Morgan fingerprint density at radius 2 is 2.24 bits per heavy atom. The molecule has 0 spiro atoms. The fourth-order valence-electron chi connectivity index (χ4n) is 2.72. The van der Waals surface area contributed by atoms with E-state index in [4.69, 9.17) is 4.74 Å². The van der Waals surface area contributed by atoms with Crippen LogP contribution in [0.1, 0.15) is 19.3 Å². The summed E-state index contributed by atoms with van der Waals surface area (Å²) in [5, 5.41) is 15.7. The Bertz CT molecular complexity index is 272. The lowest BCUT2D eigenvalue weighted by molar-refractivity contribution is -0.125. The zero-order valence-corrected chi connectivity index (χ0v) is 10.3. The largest absolute Gasteiger partial charge is 0.393 e. The van der Waals surface area contributed by atoms with Crippen LogP contribution in [0.2, 0.25) is 0 Å². The Morgan fingerprint density at radius 3 is 2.88 bits per heavy atom. The number of hydrogen-bond donors (Lipinski definition) is 3. The van der Waals surface area contributed by atoms with Crippen molar-refractivity contribution in [3.05, 3.63) is 0 Å². The van der Waals surface area contributed by atoms with Crippen LogP contribution in [0.15, 0.2) is 0 Å². The third-order valence-corrected chi connectivity index (χ3v) is 3.95. The average Bonchev–Trinajstić information content (AvgIpc) is 2.94. The number of rotatable bonds is 4. The molecule has 5 heteroatoms. The summed E-state index contributed by atoms with van der Waals surface area (Å²) in [6.45, 7) is 1.68. The molecule has 0 bridgehead atoms. The van der Waals surface area contributed by atoms with E-state index in [1.54, 1.807) is 0 Å². The maximum Gasteiger partial charge on any atom is 0.227 e. The SMILES string of the molecule is CNC1COCC1C(=O)NCC1CCCC1O. The van der Waals surface area contributed by atoms with Gasteiger partial charge in [0.2, 0.25) is 5.91 Å². The van der Waals surface area contributed by atoms with Crippen molar-refractivity contribution in [2.75, 3.05) is 26.8 Å². The van der Waals surface area contributed by atoms with Crippen LogP contribution < -0.4 is 10.6 Å². The van der Waals surface area contributed by atoms with E-state index in [1.807, 2.05) is 7.05 Å². The molecule has 4 atom stereocenters. The molecule has 2 aliphatic rings. The topological polar surface area (TPSA) is 70.6 Å². The molecular formula is C12H22N2O3. The lowest BCUT2D eigenvalue weighted by atomic mass is 10.0. The maximum absolute atomic E-state index is 12.0. The number of aliphatic hydroxyl groups is 1. The molecule has 1 aliphatic carbocycles. The molecule has 98 valence electrons. The van der Waals surface area contributed by atoms with Crippen LogP contribution in [-0.2, 0) is 9.53 Å². The minimum Gasteiger partial charge on any atom is -0.393 e. The predicted molar refractivity (Wildman–Crippen MR) is 63.5 cm³/mol. The lowest BCUT2D eigenvalue weighted by Crippen LogP contribution is -2.44. The van der Waals surface area contributed by atoms with E-state index in [-0.39, 0.29) is 29.9 Å². The van der Waals surface area contributed by atoms with Gasteiger partial charge >= 0.3 is 0 Å². The molecule has 1 saturated carbocycles. The van der Waals surface area contributed by atoms with Gasteiger partial charge in [0, 0.05) is 18.5 Å². The second kappa shape index (κ2) is 5.80. The molecule has 0 aromatic rings. The van der Waals surface area contributed by atoms with Gasteiger partial charge in [0.05, 0.1) is 25.2 Å². The highest BCUT2D eigenvalue weighted by molar-refractivity contribution is 5.79. The van der Waals surface area contributed by atoms with Gasteiger partial charge in [-0.05, 0) is 19.9 Å².